The number of aliphatic hydroxyl groups is 1. The van der Waals surface area contributed by atoms with Gasteiger partial charge in [-0.25, -0.2) is 4.79 Å². The summed E-state index contributed by atoms with van der Waals surface area (Å²) in [4.78, 5) is 12.2. The van der Waals surface area contributed by atoms with E-state index in [1.807, 2.05) is 6.92 Å². The SMILES string of the molecule is Cc1ccc(S(=O)(=O)OC[C@@H](NC(=O)OC(C)(C)C)[C@H](O)c2ccccc2)cc1. The predicted molar refractivity (Wildman–Crippen MR) is 109 cm³/mol. The van der Waals surface area contributed by atoms with E-state index >= 15 is 0 Å². The smallest absolute Gasteiger partial charge is 0.408 e. The summed E-state index contributed by atoms with van der Waals surface area (Å²) in [6, 6.07) is 13.7. The molecule has 0 saturated heterocycles. The fourth-order valence-corrected chi connectivity index (χ4v) is 3.42. The molecule has 158 valence electrons. The fourth-order valence-electron chi connectivity index (χ4n) is 2.49. The number of nitrogens with one attached hydrogen (secondary N) is 1. The summed E-state index contributed by atoms with van der Waals surface area (Å²) < 4.78 is 35.3. The van der Waals surface area contributed by atoms with Crippen LogP contribution in [0.15, 0.2) is 59.5 Å². The molecule has 0 fully saturated rings. The first-order valence-electron chi connectivity index (χ1n) is 9.16. The Hall–Kier alpha value is -2.42. The Kier molecular flexibility index (Phi) is 7.40. The van der Waals surface area contributed by atoms with E-state index in [1.165, 1.54) is 12.1 Å². The Balaban J connectivity index is 2.18. The van der Waals surface area contributed by atoms with E-state index in [-0.39, 0.29) is 4.90 Å². The molecule has 2 aromatic carbocycles. The first-order chi connectivity index (χ1) is 13.5. The molecule has 0 aliphatic rings. The molecule has 2 atom stereocenters. The van der Waals surface area contributed by atoms with Crippen molar-refractivity contribution < 1.29 is 27.2 Å². The van der Waals surface area contributed by atoms with Crippen molar-refractivity contribution in [2.75, 3.05) is 6.61 Å². The quantitative estimate of drug-likeness (QED) is 0.665. The van der Waals surface area contributed by atoms with Gasteiger partial charge in [0, 0.05) is 0 Å². The van der Waals surface area contributed by atoms with Crippen molar-refractivity contribution in [2.24, 2.45) is 0 Å². The summed E-state index contributed by atoms with van der Waals surface area (Å²) in [7, 11) is -4.06. The van der Waals surface area contributed by atoms with Gasteiger partial charge in [0.2, 0.25) is 0 Å². The molecule has 0 unspecified atom stereocenters. The average Bonchev–Trinajstić information content (AvgIpc) is 2.64. The van der Waals surface area contributed by atoms with Crippen molar-refractivity contribution in [1.29, 1.82) is 0 Å². The lowest BCUT2D eigenvalue weighted by molar-refractivity contribution is 0.0369. The summed E-state index contributed by atoms with van der Waals surface area (Å²) in [6.45, 7) is 6.48. The van der Waals surface area contributed by atoms with Gasteiger partial charge in [0.15, 0.2) is 0 Å². The van der Waals surface area contributed by atoms with Crippen molar-refractivity contribution in [3.8, 4) is 0 Å². The monoisotopic (exact) mass is 421 g/mol. The standard InChI is InChI=1S/C21H27NO6S/c1-15-10-12-17(13-11-15)29(25,26)27-14-18(22-20(24)28-21(2,3)4)19(23)16-8-6-5-7-9-16/h5-13,18-19,23H,14H2,1-4H3,(H,22,24)/t18-,19-/m1/s1. The number of hydrogen-bond acceptors (Lipinski definition) is 6. The lowest BCUT2D eigenvalue weighted by Crippen LogP contribution is -2.45. The van der Waals surface area contributed by atoms with Crippen LogP contribution in [0, 0.1) is 6.92 Å². The number of benzene rings is 2. The first-order valence-corrected chi connectivity index (χ1v) is 10.6. The Morgan fingerprint density at radius 3 is 2.21 bits per heavy atom. The van der Waals surface area contributed by atoms with Crippen molar-refractivity contribution in [1.82, 2.24) is 5.32 Å². The molecular weight excluding hydrogens is 394 g/mol. The normalized spacial score (nSPS) is 14.1. The van der Waals surface area contributed by atoms with Crippen LogP contribution in [0.3, 0.4) is 0 Å². The molecule has 0 aromatic heterocycles. The topological polar surface area (TPSA) is 102 Å². The zero-order chi connectivity index (χ0) is 21.7. The number of rotatable bonds is 7. The fraction of sp³-hybridized carbons (Fsp3) is 0.381. The molecule has 0 bridgehead atoms. The van der Waals surface area contributed by atoms with E-state index in [1.54, 1.807) is 63.2 Å². The van der Waals surface area contributed by atoms with Crippen LogP contribution >= 0.6 is 0 Å². The van der Waals surface area contributed by atoms with E-state index in [2.05, 4.69) is 5.32 Å². The number of carbonyl (C=O) groups is 1. The van der Waals surface area contributed by atoms with Gasteiger partial charge in [-0.15, -0.1) is 0 Å². The van der Waals surface area contributed by atoms with E-state index in [0.29, 0.717) is 5.56 Å². The third-order valence-electron chi connectivity index (χ3n) is 3.94. The maximum atomic E-state index is 12.5. The number of ether oxygens (including phenoxy) is 1. The summed E-state index contributed by atoms with van der Waals surface area (Å²) in [5, 5.41) is 13.2. The molecular formula is C21H27NO6S. The van der Waals surface area contributed by atoms with Gasteiger partial charge in [-0.05, 0) is 45.4 Å². The minimum atomic E-state index is -4.06. The van der Waals surface area contributed by atoms with Crippen molar-refractivity contribution >= 4 is 16.2 Å². The zero-order valence-electron chi connectivity index (χ0n) is 17.0. The number of aliphatic hydroxyl groups excluding tert-OH is 1. The molecule has 7 nitrogen and oxygen atoms in total. The summed E-state index contributed by atoms with van der Waals surface area (Å²) in [5.41, 5.74) is 0.666. The molecule has 0 aliphatic carbocycles. The highest BCUT2D eigenvalue weighted by Gasteiger charge is 2.28. The van der Waals surface area contributed by atoms with E-state index < -0.39 is 40.6 Å². The highest BCUT2D eigenvalue weighted by Crippen LogP contribution is 2.20. The highest BCUT2D eigenvalue weighted by molar-refractivity contribution is 7.86. The molecule has 0 heterocycles. The number of hydrogen-bond donors (Lipinski definition) is 2. The summed E-state index contributed by atoms with van der Waals surface area (Å²) >= 11 is 0. The van der Waals surface area contributed by atoms with Crippen LogP contribution in [-0.2, 0) is 19.0 Å². The average molecular weight is 422 g/mol. The Bertz CT molecular complexity index is 904. The van der Waals surface area contributed by atoms with E-state index in [0.717, 1.165) is 5.56 Å². The van der Waals surface area contributed by atoms with Crippen LogP contribution < -0.4 is 5.32 Å². The molecule has 0 saturated carbocycles. The van der Waals surface area contributed by atoms with Gasteiger partial charge in [-0.2, -0.15) is 8.42 Å². The molecule has 0 aliphatic heterocycles. The maximum Gasteiger partial charge on any atom is 0.408 e. The van der Waals surface area contributed by atoms with Crippen LogP contribution in [0.2, 0.25) is 0 Å². The minimum Gasteiger partial charge on any atom is -0.444 e. The number of alkyl carbamates (subject to hydrolysis) is 1. The van der Waals surface area contributed by atoms with Crippen molar-refractivity contribution in [3.05, 3.63) is 65.7 Å². The molecule has 0 radical (unpaired) electrons. The van der Waals surface area contributed by atoms with Crippen LogP contribution in [-0.4, -0.2) is 37.9 Å². The lowest BCUT2D eigenvalue weighted by atomic mass is 10.0. The Morgan fingerprint density at radius 1 is 1.07 bits per heavy atom. The van der Waals surface area contributed by atoms with Gasteiger partial charge in [0.25, 0.3) is 10.1 Å². The van der Waals surface area contributed by atoms with Crippen molar-refractivity contribution in [3.63, 3.8) is 0 Å². The lowest BCUT2D eigenvalue weighted by Gasteiger charge is -2.26. The number of carbonyl (C=O) groups excluding carboxylic acids is 1. The van der Waals surface area contributed by atoms with Gasteiger partial charge < -0.3 is 15.2 Å². The molecule has 2 aromatic rings. The third-order valence-corrected chi connectivity index (χ3v) is 5.23. The molecule has 8 heteroatoms. The van der Waals surface area contributed by atoms with E-state index in [9.17, 15) is 18.3 Å². The second-order valence-corrected chi connectivity index (χ2v) is 9.28. The molecule has 0 spiro atoms. The molecule has 2 rings (SSSR count). The highest BCUT2D eigenvalue weighted by atomic mass is 32.2. The zero-order valence-corrected chi connectivity index (χ0v) is 17.8. The van der Waals surface area contributed by atoms with Crippen LogP contribution in [0.25, 0.3) is 0 Å². The van der Waals surface area contributed by atoms with Gasteiger partial charge in [0.05, 0.1) is 17.5 Å². The van der Waals surface area contributed by atoms with Gasteiger partial charge in [-0.3, -0.25) is 4.18 Å². The van der Waals surface area contributed by atoms with Gasteiger partial charge in [0.1, 0.15) is 11.7 Å². The summed E-state index contributed by atoms with van der Waals surface area (Å²) in [6.07, 6.45) is -1.98. The first kappa shape index (κ1) is 22.9. The third kappa shape index (κ3) is 7.16. The molecule has 2 N–H and O–H groups in total. The molecule has 29 heavy (non-hydrogen) atoms. The van der Waals surface area contributed by atoms with Gasteiger partial charge in [-0.1, -0.05) is 48.0 Å². The minimum absolute atomic E-state index is 0.00619. The number of aryl methyl sites for hydroxylation is 1. The Labute approximate surface area is 171 Å². The van der Waals surface area contributed by atoms with Crippen molar-refractivity contribution in [2.45, 2.75) is 50.3 Å². The molecule has 1 amide bonds. The Morgan fingerprint density at radius 2 is 1.66 bits per heavy atom. The van der Waals surface area contributed by atoms with Crippen LogP contribution in [0.1, 0.15) is 38.0 Å². The van der Waals surface area contributed by atoms with Crippen LogP contribution in [0.4, 0.5) is 4.79 Å². The predicted octanol–water partition coefficient (Wildman–Crippen LogP) is 3.33. The van der Waals surface area contributed by atoms with Gasteiger partial charge >= 0.3 is 6.09 Å². The maximum absolute atomic E-state index is 12.5. The second-order valence-electron chi connectivity index (χ2n) is 7.66. The largest absolute Gasteiger partial charge is 0.444 e. The number of amides is 1. The van der Waals surface area contributed by atoms with Crippen LogP contribution in [0.5, 0.6) is 0 Å². The second kappa shape index (κ2) is 9.39. The summed E-state index contributed by atoms with van der Waals surface area (Å²) in [5.74, 6) is 0. The van der Waals surface area contributed by atoms with E-state index in [4.69, 9.17) is 8.92 Å².